The van der Waals surface area contributed by atoms with Crippen LogP contribution in [-0.2, 0) is 11.3 Å². The van der Waals surface area contributed by atoms with E-state index in [1.807, 2.05) is 53.2 Å². The summed E-state index contributed by atoms with van der Waals surface area (Å²) in [5.74, 6) is -0.428. The molecule has 0 aliphatic carbocycles. The summed E-state index contributed by atoms with van der Waals surface area (Å²) in [5.41, 5.74) is 3.92. The molecule has 0 saturated carbocycles. The quantitative estimate of drug-likeness (QED) is 0.378. The number of ether oxygens (including phenoxy) is 1. The number of benzene rings is 1. The molecule has 0 amide bonds. The van der Waals surface area contributed by atoms with Gasteiger partial charge in [-0.15, -0.1) is 0 Å². The highest BCUT2D eigenvalue weighted by atomic mass is 32.1. The summed E-state index contributed by atoms with van der Waals surface area (Å²) in [6.45, 7) is 2.64. The number of fused-ring (bicyclic) bond motifs is 1. The third kappa shape index (κ3) is 3.44. The monoisotopic (exact) mass is 390 g/mol. The molecule has 3 heterocycles. The van der Waals surface area contributed by atoms with Crippen LogP contribution in [0.5, 0.6) is 0 Å². The van der Waals surface area contributed by atoms with Crippen molar-refractivity contribution in [2.75, 3.05) is 6.61 Å². The first-order valence-corrected chi connectivity index (χ1v) is 9.32. The van der Waals surface area contributed by atoms with Crippen molar-refractivity contribution in [1.29, 1.82) is 0 Å². The SMILES string of the molecule is CCOC(=O)c1cn(Cc2ccc(-n3cccn3)cc2)c2cccnc2c1=S. The first-order valence-electron chi connectivity index (χ1n) is 8.91. The van der Waals surface area contributed by atoms with E-state index in [2.05, 4.69) is 10.1 Å². The van der Waals surface area contributed by atoms with Gasteiger partial charge in [0.15, 0.2) is 0 Å². The number of hydrogen-bond acceptors (Lipinski definition) is 5. The molecular weight excluding hydrogens is 372 g/mol. The topological polar surface area (TPSA) is 61.9 Å². The number of nitrogens with zero attached hydrogens (tertiary/aromatic N) is 4. The van der Waals surface area contributed by atoms with Gasteiger partial charge in [0.25, 0.3) is 0 Å². The van der Waals surface area contributed by atoms with Crippen LogP contribution in [0.25, 0.3) is 16.7 Å². The maximum absolute atomic E-state index is 12.4. The van der Waals surface area contributed by atoms with Gasteiger partial charge in [-0.1, -0.05) is 24.4 Å². The van der Waals surface area contributed by atoms with E-state index >= 15 is 0 Å². The van der Waals surface area contributed by atoms with Gasteiger partial charge in [-0.2, -0.15) is 5.10 Å². The van der Waals surface area contributed by atoms with Crippen molar-refractivity contribution >= 4 is 29.2 Å². The van der Waals surface area contributed by atoms with Crippen LogP contribution in [0.4, 0.5) is 0 Å². The number of carbonyl (C=O) groups is 1. The molecule has 0 aliphatic heterocycles. The van der Waals surface area contributed by atoms with Crippen LogP contribution >= 0.6 is 12.2 Å². The van der Waals surface area contributed by atoms with Crippen molar-refractivity contribution < 1.29 is 9.53 Å². The fourth-order valence-electron chi connectivity index (χ4n) is 3.07. The van der Waals surface area contributed by atoms with Crippen molar-refractivity contribution in [3.05, 3.63) is 82.9 Å². The molecule has 28 heavy (non-hydrogen) atoms. The van der Waals surface area contributed by atoms with Gasteiger partial charge in [-0.25, -0.2) is 9.48 Å². The third-order valence-electron chi connectivity index (χ3n) is 4.39. The van der Waals surface area contributed by atoms with Crippen molar-refractivity contribution in [3.63, 3.8) is 0 Å². The minimum absolute atomic E-state index is 0.294. The Morgan fingerprint density at radius 3 is 2.68 bits per heavy atom. The van der Waals surface area contributed by atoms with Crippen LogP contribution in [0.3, 0.4) is 0 Å². The second-order valence-electron chi connectivity index (χ2n) is 6.21. The summed E-state index contributed by atoms with van der Waals surface area (Å²) in [6, 6.07) is 13.8. The van der Waals surface area contributed by atoms with Crippen LogP contribution in [0.1, 0.15) is 22.8 Å². The lowest BCUT2D eigenvalue weighted by Crippen LogP contribution is -2.11. The molecule has 4 rings (SSSR count). The molecule has 4 aromatic rings. The number of aromatic nitrogens is 4. The fourth-order valence-corrected chi connectivity index (χ4v) is 3.37. The summed E-state index contributed by atoms with van der Waals surface area (Å²) < 4.78 is 9.37. The molecule has 1 aromatic carbocycles. The molecule has 0 spiro atoms. The van der Waals surface area contributed by atoms with Gasteiger partial charge in [0.1, 0.15) is 5.52 Å². The zero-order valence-corrected chi connectivity index (χ0v) is 16.1. The second kappa shape index (κ2) is 7.74. The normalized spacial score (nSPS) is 10.9. The lowest BCUT2D eigenvalue weighted by molar-refractivity contribution is 0.0525. The van der Waals surface area contributed by atoms with E-state index in [0.29, 0.717) is 28.7 Å². The molecule has 0 saturated heterocycles. The predicted molar refractivity (Wildman–Crippen MR) is 109 cm³/mol. The minimum Gasteiger partial charge on any atom is -0.462 e. The zero-order chi connectivity index (χ0) is 19.5. The molecule has 140 valence electrons. The summed E-state index contributed by atoms with van der Waals surface area (Å²) in [5, 5.41) is 4.24. The van der Waals surface area contributed by atoms with Crippen LogP contribution in [0.2, 0.25) is 0 Å². The number of pyridine rings is 2. The highest BCUT2D eigenvalue weighted by molar-refractivity contribution is 7.71. The average Bonchev–Trinajstić information content (AvgIpc) is 3.26. The van der Waals surface area contributed by atoms with Gasteiger partial charge in [-0.3, -0.25) is 4.98 Å². The Labute approximate surface area is 167 Å². The van der Waals surface area contributed by atoms with Gasteiger partial charge in [-0.05, 0) is 42.8 Å². The average molecular weight is 390 g/mol. The Morgan fingerprint density at radius 1 is 1.14 bits per heavy atom. The molecule has 0 N–H and O–H groups in total. The van der Waals surface area contributed by atoms with E-state index in [1.165, 1.54) is 0 Å². The van der Waals surface area contributed by atoms with Crippen LogP contribution in [0.15, 0.2) is 67.3 Å². The molecule has 0 aliphatic rings. The molecule has 0 radical (unpaired) electrons. The predicted octanol–water partition coefficient (Wildman–Crippen LogP) is 4.18. The van der Waals surface area contributed by atoms with Gasteiger partial charge in [0, 0.05) is 31.3 Å². The van der Waals surface area contributed by atoms with Crippen molar-refractivity contribution in [3.8, 4) is 5.69 Å². The number of hydrogen-bond donors (Lipinski definition) is 0. The zero-order valence-electron chi connectivity index (χ0n) is 15.3. The van der Waals surface area contributed by atoms with Crippen molar-refractivity contribution in [2.24, 2.45) is 0 Å². The van der Waals surface area contributed by atoms with Gasteiger partial charge < -0.3 is 9.30 Å². The Balaban J connectivity index is 1.74. The van der Waals surface area contributed by atoms with Crippen LogP contribution in [0, 0.1) is 4.51 Å². The maximum atomic E-state index is 12.4. The van der Waals surface area contributed by atoms with Crippen LogP contribution in [-0.4, -0.2) is 31.9 Å². The van der Waals surface area contributed by atoms with Crippen LogP contribution < -0.4 is 0 Å². The molecule has 3 aromatic heterocycles. The van der Waals surface area contributed by atoms with Gasteiger partial charge >= 0.3 is 5.97 Å². The van der Waals surface area contributed by atoms with E-state index in [4.69, 9.17) is 17.0 Å². The maximum Gasteiger partial charge on any atom is 0.341 e. The van der Waals surface area contributed by atoms with E-state index in [0.717, 1.165) is 16.8 Å². The molecule has 0 atom stereocenters. The molecule has 0 unspecified atom stereocenters. The third-order valence-corrected chi connectivity index (χ3v) is 4.81. The van der Waals surface area contributed by atoms with E-state index < -0.39 is 5.97 Å². The van der Waals surface area contributed by atoms with E-state index in [9.17, 15) is 4.79 Å². The first kappa shape index (κ1) is 18.1. The molecule has 0 bridgehead atoms. The lowest BCUT2D eigenvalue weighted by atomic mass is 10.1. The second-order valence-corrected chi connectivity index (χ2v) is 6.62. The van der Waals surface area contributed by atoms with Gasteiger partial charge in [0.2, 0.25) is 0 Å². The largest absolute Gasteiger partial charge is 0.462 e. The van der Waals surface area contributed by atoms with E-state index in [1.54, 1.807) is 30.2 Å². The summed E-state index contributed by atoms with van der Waals surface area (Å²) in [7, 11) is 0. The Bertz CT molecular complexity index is 1180. The van der Waals surface area contributed by atoms with E-state index in [-0.39, 0.29) is 0 Å². The fraction of sp³-hybridized carbons (Fsp3) is 0.143. The molecule has 7 heteroatoms. The molecular formula is C21H18N4O2S. The smallest absolute Gasteiger partial charge is 0.341 e. The highest BCUT2D eigenvalue weighted by Gasteiger charge is 2.15. The number of carbonyl (C=O) groups excluding carboxylic acids is 1. The molecule has 0 fully saturated rings. The first-order chi connectivity index (χ1) is 13.7. The summed E-state index contributed by atoms with van der Waals surface area (Å²) in [4.78, 5) is 16.7. The van der Waals surface area contributed by atoms with Crippen molar-refractivity contribution in [1.82, 2.24) is 19.3 Å². The summed E-state index contributed by atoms with van der Waals surface area (Å²) >= 11 is 5.48. The highest BCUT2D eigenvalue weighted by Crippen LogP contribution is 2.20. The minimum atomic E-state index is -0.428. The Kier molecular flexibility index (Phi) is 4.99. The Hall–Kier alpha value is -3.32. The lowest BCUT2D eigenvalue weighted by Gasteiger charge is -2.14. The number of esters is 1. The Morgan fingerprint density at radius 2 is 1.96 bits per heavy atom. The molecule has 6 nitrogen and oxygen atoms in total. The van der Waals surface area contributed by atoms with Gasteiger partial charge in [0.05, 0.1) is 27.9 Å². The summed E-state index contributed by atoms with van der Waals surface area (Å²) in [6.07, 6.45) is 7.08. The number of rotatable bonds is 5. The van der Waals surface area contributed by atoms with Crippen molar-refractivity contribution in [2.45, 2.75) is 13.5 Å². The standard InChI is InChI=1S/C21H18N4O2S/c1-2-27-21(26)17-14-24(18-5-3-10-22-19(18)20(17)28)13-15-6-8-16(9-7-15)25-12-4-11-23-25/h3-12,14H,2,13H2,1H3.